The summed E-state index contributed by atoms with van der Waals surface area (Å²) >= 11 is 1.17. The maximum absolute atomic E-state index is 11.1. The van der Waals surface area contributed by atoms with E-state index in [1.807, 2.05) is 13.8 Å². The smallest absolute Gasteiger partial charge is 0.317 e. The number of nitrogens with one attached hydrogen (secondary N) is 1. The summed E-state index contributed by atoms with van der Waals surface area (Å²) < 4.78 is 0. The van der Waals surface area contributed by atoms with Crippen molar-refractivity contribution in [1.29, 1.82) is 0 Å². The molecular weight excluding hydrogens is 190 g/mol. The van der Waals surface area contributed by atoms with Crippen LogP contribution in [0.2, 0.25) is 0 Å². The first-order valence-electron chi connectivity index (χ1n) is 4.02. The van der Waals surface area contributed by atoms with Gasteiger partial charge in [0, 0.05) is 12.5 Å². The molecule has 2 N–H and O–H groups in total. The normalized spacial score (nSPS) is 12.6. The van der Waals surface area contributed by atoms with E-state index in [0.29, 0.717) is 0 Å². The molecule has 0 aliphatic heterocycles. The zero-order chi connectivity index (χ0) is 10.4. The number of aliphatic carboxylic acids is 1. The van der Waals surface area contributed by atoms with Gasteiger partial charge in [0.05, 0.1) is 0 Å². The summed E-state index contributed by atoms with van der Waals surface area (Å²) in [6.07, 6.45) is 1.72. The Kier molecular flexibility index (Phi) is 5.53. The van der Waals surface area contributed by atoms with Crippen LogP contribution in [0.1, 0.15) is 20.3 Å². The maximum atomic E-state index is 11.1. The second-order valence-corrected chi connectivity index (χ2v) is 4.03. The van der Waals surface area contributed by atoms with Gasteiger partial charge in [0.25, 0.3) is 0 Å². The number of hydrogen-bond acceptors (Lipinski definition) is 3. The molecule has 0 saturated carbocycles. The predicted molar refractivity (Wildman–Crippen MR) is 52.8 cm³/mol. The molecule has 0 saturated heterocycles. The van der Waals surface area contributed by atoms with E-state index in [2.05, 4.69) is 5.32 Å². The summed E-state index contributed by atoms with van der Waals surface area (Å²) in [6.45, 7) is 3.68. The fourth-order valence-electron chi connectivity index (χ4n) is 0.821. The number of amides is 1. The molecule has 0 aliphatic rings. The van der Waals surface area contributed by atoms with Crippen LogP contribution in [-0.2, 0) is 9.59 Å². The van der Waals surface area contributed by atoms with E-state index in [-0.39, 0.29) is 18.4 Å². The Labute approximate surface area is 82.1 Å². The number of carbonyl (C=O) groups excluding carboxylic acids is 1. The Morgan fingerprint density at radius 2 is 2.00 bits per heavy atom. The monoisotopic (exact) mass is 205 g/mol. The van der Waals surface area contributed by atoms with Crippen LogP contribution >= 0.6 is 11.8 Å². The molecule has 0 fully saturated rings. The Hall–Kier alpha value is -0.710. The van der Waals surface area contributed by atoms with Crippen molar-refractivity contribution >= 4 is 23.6 Å². The quantitative estimate of drug-likeness (QED) is 0.694. The maximum Gasteiger partial charge on any atom is 0.317 e. The SMILES string of the molecule is CSC(CC(=O)NC(C)C)C(=O)O. The van der Waals surface area contributed by atoms with Crippen LogP contribution in [-0.4, -0.2) is 34.5 Å². The summed E-state index contributed by atoms with van der Waals surface area (Å²) in [5.74, 6) is -1.15. The minimum Gasteiger partial charge on any atom is -0.480 e. The van der Waals surface area contributed by atoms with Crippen molar-refractivity contribution in [1.82, 2.24) is 5.32 Å². The largest absolute Gasteiger partial charge is 0.480 e. The van der Waals surface area contributed by atoms with E-state index < -0.39 is 11.2 Å². The molecule has 1 unspecified atom stereocenters. The topological polar surface area (TPSA) is 66.4 Å². The zero-order valence-electron chi connectivity index (χ0n) is 8.03. The van der Waals surface area contributed by atoms with Crippen LogP contribution in [0.4, 0.5) is 0 Å². The van der Waals surface area contributed by atoms with Gasteiger partial charge in [-0.05, 0) is 20.1 Å². The highest BCUT2D eigenvalue weighted by atomic mass is 32.2. The predicted octanol–water partition coefficient (Wildman–Crippen LogP) is 0.717. The lowest BCUT2D eigenvalue weighted by atomic mass is 10.2. The Morgan fingerprint density at radius 1 is 1.46 bits per heavy atom. The van der Waals surface area contributed by atoms with Gasteiger partial charge < -0.3 is 10.4 Å². The van der Waals surface area contributed by atoms with Crippen LogP contribution in [0, 0.1) is 0 Å². The van der Waals surface area contributed by atoms with E-state index in [1.165, 1.54) is 11.8 Å². The first-order chi connectivity index (χ1) is 5.97. The van der Waals surface area contributed by atoms with E-state index >= 15 is 0 Å². The number of carboxylic acids is 1. The van der Waals surface area contributed by atoms with Crippen molar-refractivity contribution in [2.24, 2.45) is 0 Å². The summed E-state index contributed by atoms with van der Waals surface area (Å²) in [5.41, 5.74) is 0. The minimum atomic E-state index is -0.939. The van der Waals surface area contributed by atoms with Gasteiger partial charge in [0.2, 0.25) is 5.91 Å². The van der Waals surface area contributed by atoms with Crippen molar-refractivity contribution in [2.45, 2.75) is 31.6 Å². The molecule has 0 aromatic heterocycles. The minimum absolute atomic E-state index is 0.0364. The lowest BCUT2D eigenvalue weighted by molar-refractivity contribution is -0.138. The first-order valence-corrected chi connectivity index (χ1v) is 5.31. The molecule has 0 aliphatic carbocycles. The Morgan fingerprint density at radius 3 is 2.31 bits per heavy atom. The molecule has 4 nitrogen and oxygen atoms in total. The third-order valence-corrected chi connectivity index (χ3v) is 2.32. The molecule has 0 bridgehead atoms. The van der Waals surface area contributed by atoms with Crippen LogP contribution in [0.5, 0.6) is 0 Å². The average Bonchev–Trinajstić information content (AvgIpc) is 1.98. The lowest BCUT2D eigenvalue weighted by Gasteiger charge is -2.11. The van der Waals surface area contributed by atoms with Crippen molar-refractivity contribution in [3.05, 3.63) is 0 Å². The third kappa shape index (κ3) is 5.52. The Bertz CT molecular complexity index is 194. The van der Waals surface area contributed by atoms with Gasteiger partial charge in [0.15, 0.2) is 0 Å². The highest BCUT2D eigenvalue weighted by Gasteiger charge is 2.19. The molecule has 0 radical (unpaired) electrons. The highest BCUT2D eigenvalue weighted by molar-refractivity contribution is 7.99. The van der Waals surface area contributed by atoms with E-state index in [4.69, 9.17) is 5.11 Å². The van der Waals surface area contributed by atoms with Crippen molar-refractivity contribution in [2.75, 3.05) is 6.26 Å². The van der Waals surface area contributed by atoms with Gasteiger partial charge >= 0.3 is 5.97 Å². The first kappa shape index (κ1) is 12.3. The molecular formula is C8H15NO3S. The molecule has 13 heavy (non-hydrogen) atoms. The number of thioether (sulfide) groups is 1. The zero-order valence-corrected chi connectivity index (χ0v) is 8.85. The van der Waals surface area contributed by atoms with Gasteiger partial charge in [0.1, 0.15) is 5.25 Å². The molecule has 0 heterocycles. The fraction of sp³-hybridized carbons (Fsp3) is 0.750. The van der Waals surface area contributed by atoms with E-state index in [0.717, 1.165) is 0 Å². The lowest BCUT2D eigenvalue weighted by Crippen LogP contribution is -2.33. The Balaban J connectivity index is 3.94. The van der Waals surface area contributed by atoms with Gasteiger partial charge in [-0.2, -0.15) is 0 Å². The van der Waals surface area contributed by atoms with E-state index in [1.54, 1.807) is 6.26 Å². The summed E-state index contributed by atoms with van der Waals surface area (Å²) in [6, 6.07) is 0.0591. The average molecular weight is 205 g/mol. The summed E-state index contributed by atoms with van der Waals surface area (Å²) in [4.78, 5) is 21.7. The second-order valence-electron chi connectivity index (χ2n) is 2.99. The van der Waals surface area contributed by atoms with Crippen molar-refractivity contribution < 1.29 is 14.7 Å². The second kappa shape index (κ2) is 5.85. The van der Waals surface area contributed by atoms with Gasteiger partial charge in [-0.3, -0.25) is 9.59 Å². The molecule has 0 spiro atoms. The molecule has 5 heteroatoms. The third-order valence-electron chi connectivity index (χ3n) is 1.38. The fourth-order valence-corrected chi connectivity index (χ4v) is 1.34. The number of rotatable bonds is 5. The molecule has 76 valence electrons. The van der Waals surface area contributed by atoms with Crippen molar-refractivity contribution in [3.63, 3.8) is 0 Å². The highest BCUT2D eigenvalue weighted by Crippen LogP contribution is 2.10. The van der Waals surface area contributed by atoms with Crippen molar-refractivity contribution in [3.8, 4) is 0 Å². The summed E-state index contributed by atoms with van der Waals surface area (Å²) in [5, 5.41) is 10.7. The van der Waals surface area contributed by atoms with Crippen LogP contribution in [0.3, 0.4) is 0 Å². The molecule has 1 amide bonds. The van der Waals surface area contributed by atoms with Crippen LogP contribution < -0.4 is 5.32 Å². The van der Waals surface area contributed by atoms with Crippen LogP contribution in [0.25, 0.3) is 0 Å². The standard InChI is InChI=1S/C8H15NO3S/c1-5(2)9-7(10)4-6(13-3)8(11)12/h5-6H,4H2,1-3H3,(H,9,10)(H,11,12). The molecule has 1 atom stereocenters. The van der Waals surface area contributed by atoms with Crippen LogP contribution in [0.15, 0.2) is 0 Å². The summed E-state index contributed by atoms with van der Waals surface area (Å²) in [7, 11) is 0. The molecule has 0 rings (SSSR count). The van der Waals surface area contributed by atoms with Gasteiger partial charge in [-0.25, -0.2) is 0 Å². The molecule has 0 aromatic carbocycles. The van der Waals surface area contributed by atoms with E-state index in [9.17, 15) is 9.59 Å². The number of carboxylic acid groups (broad SMARTS) is 1. The number of hydrogen-bond donors (Lipinski definition) is 2. The van der Waals surface area contributed by atoms with Gasteiger partial charge in [-0.1, -0.05) is 0 Å². The molecule has 0 aromatic rings. The number of carbonyl (C=O) groups is 2. The van der Waals surface area contributed by atoms with Gasteiger partial charge in [-0.15, -0.1) is 11.8 Å².